The maximum absolute atomic E-state index is 12.9. The number of halogens is 1. The average Bonchev–Trinajstić information content (AvgIpc) is 2.89. The maximum Gasteiger partial charge on any atom is 0.412 e. The Labute approximate surface area is 221 Å². The number of nitrogens with zero attached hydrogens (tertiary/aromatic N) is 2. The Bertz CT molecular complexity index is 1220. The van der Waals surface area contributed by atoms with Gasteiger partial charge in [0.1, 0.15) is 12.4 Å². The van der Waals surface area contributed by atoms with Gasteiger partial charge in [0.25, 0.3) is 0 Å². The number of benzene rings is 2. The van der Waals surface area contributed by atoms with Gasteiger partial charge in [0.15, 0.2) is 0 Å². The van der Waals surface area contributed by atoms with E-state index in [2.05, 4.69) is 20.9 Å². The lowest BCUT2D eigenvalue weighted by Gasteiger charge is -2.28. The van der Waals surface area contributed by atoms with Gasteiger partial charge in [0, 0.05) is 43.7 Å². The molecule has 0 saturated carbocycles. The van der Waals surface area contributed by atoms with Gasteiger partial charge in [-0.1, -0.05) is 54.1 Å². The van der Waals surface area contributed by atoms with Crippen LogP contribution in [0.2, 0.25) is 5.02 Å². The molecule has 37 heavy (non-hydrogen) atoms. The van der Waals surface area contributed by atoms with E-state index in [1.165, 1.54) is 11.8 Å². The number of aromatic nitrogens is 1. The van der Waals surface area contributed by atoms with Crippen molar-refractivity contribution in [3.8, 4) is 0 Å². The number of pyridine rings is 1. The van der Waals surface area contributed by atoms with Crippen LogP contribution in [0.1, 0.15) is 31.7 Å². The summed E-state index contributed by atoms with van der Waals surface area (Å²) < 4.78 is 5.47. The van der Waals surface area contributed by atoms with Crippen LogP contribution in [0, 0.1) is 0 Å². The fourth-order valence-corrected chi connectivity index (χ4v) is 3.93. The molecule has 0 unspecified atom stereocenters. The number of hydrogen-bond donors (Lipinski definition) is 3. The molecule has 0 bridgehead atoms. The molecule has 9 nitrogen and oxygen atoms in total. The van der Waals surface area contributed by atoms with Crippen molar-refractivity contribution in [1.29, 1.82) is 0 Å². The van der Waals surface area contributed by atoms with Gasteiger partial charge in [0.2, 0.25) is 5.91 Å². The molecule has 3 aromatic rings. The van der Waals surface area contributed by atoms with Gasteiger partial charge in [-0.25, -0.2) is 14.6 Å². The van der Waals surface area contributed by atoms with Gasteiger partial charge >= 0.3 is 12.1 Å². The molecule has 0 fully saturated rings. The zero-order valence-electron chi connectivity index (χ0n) is 21.0. The number of fused-ring (bicyclic) bond motifs is 1. The average molecular weight is 526 g/mol. The fraction of sp³-hybridized carbons (Fsp3) is 0.333. The molecule has 0 radical (unpaired) electrons. The van der Waals surface area contributed by atoms with Crippen molar-refractivity contribution in [2.45, 2.75) is 38.8 Å². The quantitative estimate of drug-likeness (QED) is 0.306. The van der Waals surface area contributed by atoms with Crippen molar-refractivity contribution in [3.05, 3.63) is 71.4 Å². The summed E-state index contributed by atoms with van der Waals surface area (Å²) in [6.45, 7) is 2.28. The number of anilines is 1. The van der Waals surface area contributed by atoms with E-state index in [1.54, 1.807) is 25.4 Å². The Balaban J connectivity index is 1.56. The number of nitrogens with one attached hydrogen (secondary N) is 3. The van der Waals surface area contributed by atoms with Crippen molar-refractivity contribution >= 4 is 46.2 Å². The molecule has 3 rings (SSSR count). The van der Waals surface area contributed by atoms with Gasteiger partial charge < -0.3 is 20.3 Å². The molecule has 196 valence electrons. The van der Waals surface area contributed by atoms with E-state index in [9.17, 15) is 14.4 Å². The van der Waals surface area contributed by atoms with Crippen LogP contribution in [0.5, 0.6) is 0 Å². The molecule has 0 saturated heterocycles. The summed E-state index contributed by atoms with van der Waals surface area (Å²) in [6, 6.07) is 16.1. The molecule has 0 spiro atoms. The van der Waals surface area contributed by atoms with Crippen LogP contribution in [0.15, 0.2) is 60.8 Å². The lowest BCUT2D eigenvalue weighted by molar-refractivity contribution is -0.118. The fourth-order valence-electron chi connectivity index (χ4n) is 3.73. The third-order valence-electron chi connectivity index (χ3n) is 5.86. The highest BCUT2D eigenvalue weighted by Gasteiger charge is 2.22. The first-order valence-electron chi connectivity index (χ1n) is 12.1. The van der Waals surface area contributed by atoms with Gasteiger partial charge in [-0.3, -0.25) is 10.1 Å². The molecule has 0 aliphatic rings. The number of carbonyl (C=O) groups excluding carboxylic acids is 3. The van der Waals surface area contributed by atoms with Crippen molar-refractivity contribution in [3.63, 3.8) is 0 Å². The summed E-state index contributed by atoms with van der Waals surface area (Å²) in [5.74, 6) is 0.288. The minimum atomic E-state index is -0.657. The first-order chi connectivity index (χ1) is 17.8. The molecule has 1 heterocycles. The van der Waals surface area contributed by atoms with Crippen LogP contribution < -0.4 is 16.0 Å². The van der Waals surface area contributed by atoms with Crippen LogP contribution >= 0.6 is 11.6 Å². The zero-order valence-corrected chi connectivity index (χ0v) is 21.8. The second-order valence-corrected chi connectivity index (χ2v) is 9.04. The molecular weight excluding hydrogens is 494 g/mol. The minimum Gasteiger partial charge on any atom is -0.447 e. The molecular formula is C27H32ClN5O4. The lowest BCUT2D eigenvalue weighted by atomic mass is 10.1. The zero-order chi connectivity index (χ0) is 26.6. The number of amides is 4. The van der Waals surface area contributed by atoms with Gasteiger partial charge in [-0.2, -0.15) is 0 Å². The first kappa shape index (κ1) is 27.7. The summed E-state index contributed by atoms with van der Waals surface area (Å²) in [6.07, 6.45) is 3.07. The van der Waals surface area contributed by atoms with Crippen molar-refractivity contribution < 1.29 is 19.1 Å². The molecule has 2 aromatic carbocycles. The van der Waals surface area contributed by atoms with Crippen molar-refractivity contribution in [2.24, 2.45) is 0 Å². The Hall–Kier alpha value is -3.85. The molecule has 0 aliphatic heterocycles. The second-order valence-electron chi connectivity index (χ2n) is 8.63. The van der Waals surface area contributed by atoms with Gasteiger partial charge in [-0.15, -0.1) is 0 Å². The van der Waals surface area contributed by atoms with Crippen LogP contribution in [0.4, 0.5) is 15.4 Å². The molecule has 4 amide bonds. The smallest absolute Gasteiger partial charge is 0.412 e. The first-order valence-corrected chi connectivity index (χ1v) is 12.5. The molecule has 10 heteroatoms. The molecule has 1 aromatic heterocycles. The number of likely N-dealkylation sites (N-methyl/N-ethyl adjacent to an activating group) is 1. The van der Waals surface area contributed by atoms with Crippen LogP contribution in [-0.2, 0) is 16.1 Å². The topological polar surface area (TPSA) is 113 Å². The highest BCUT2D eigenvalue weighted by Crippen LogP contribution is 2.17. The van der Waals surface area contributed by atoms with Crippen LogP contribution in [0.25, 0.3) is 10.8 Å². The van der Waals surface area contributed by atoms with E-state index in [0.717, 1.165) is 29.2 Å². The number of carbonyl (C=O) groups is 3. The largest absolute Gasteiger partial charge is 0.447 e. The summed E-state index contributed by atoms with van der Waals surface area (Å²) in [7, 11) is 1.66. The monoisotopic (exact) mass is 525 g/mol. The van der Waals surface area contributed by atoms with E-state index in [-0.39, 0.29) is 31.1 Å². The molecule has 1 atom stereocenters. The van der Waals surface area contributed by atoms with Gasteiger partial charge in [-0.05, 0) is 42.3 Å². The third kappa shape index (κ3) is 8.95. The number of unbranched alkanes of at least 4 members (excludes halogenated alkanes) is 1. The van der Waals surface area contributed by atoms with Gasteiger partial charge in [0.05, 0.1) is 6.04 Å². The minimum absolute atomic E-state index is 0.00440. The van der Waals surface area contributed by atoms with Crippen LogP contribution in [0.3, 0.4) is 0 Å². The number of rotatable bonds is 11. The van der Waals surface area contributed by atoms with Crippen molar-refractivity contribution in [1.82, 2.24) is 20.5 Å². The third-order valence-corrected chi connectivity index (χ3v) is 6.23. The maximum atomic E-state index is 12.9. The van der Waals surface area contributed by atoms with E-state index in [4.69, 9.17) is 16.3 Å². The Morgan fingerprint density at radius 3 is 2.51 bits per heavy atom. The molecule has 3 N–H and O–H groups in total. The Morgan fingerprint density at radius 1 is 1.03 bits per heavy atom. The predicted octanol–water partition coefficient (Wildman–Crippen LogP) is 4.95. The lowest BCUT2D eigenvalue weighted by Crippen LogP contribution is -2.46. The highest BCUT2D eigenvalue weighted by atomic mass is 35.5. The predicted molar refractivity (Wildman–Crippen MR) is 144 cm³/mol. The van der Waals surface area contributed by atoms with E-state index in [1.807, 2.05) is 42.5 Å². The van der Waals surface area contributed by atoms with E-state index >= 15 is 0 Å². The SMILES string of the molecule is CC(=O)NCCCC[C@@H](COC(=O)Nc1cc2ccccc2cn1)N(C)C(=O)NCc1ccccc1Cl. The number of hydrogen-bond acceptors (Lipinski definition) is 5. The molecule has 0 aliphatic carbocycles. The standard InChI is InChI=1S/C27H32ClN5O4/c1-19(34)29-14-8-7-12-23(33(2)26(35)31-17-22-11-5-6-13-24(22)28)18-37-27(36)32-25-15-20-9-3-4-10-21(20)16-30-25/h3-6,9-11,13,15-16,23H,7-8,12,14,17-18H2,1-2H3,(H,29,34)(H,31,35)(H,30,32,36)/t23-/m0/s1. The second kappa shape index (κ2) is 14.0. The highest BCUT2D eigenvalue weighted by molar-refractivity contribution is 6.31. The summed E-state index contributed by atoms with van der Waals surface area (Å²) in [5, 5.41) is 10.7. The van der Waals surface area contributed by atoms with Crippen LogP contribution in [-0.4, -0.2) is 54.2 Å². The summed E-state index contributed by atoms with van der Waals surface area (Å²) >= 11 is 6.19. The Kier molecular flexibility index (Phi) is 10.5. The number of urea groups is 1. The number of ether oxygens (including phenoxy) is 1. The van der Waals surface area contributed by atoms with E-state index in [0.29, 0.717) is 23.8 Å². The summed E-state index contributed by atoms with van der Waals surface area (Å²) in [4.78, 5) is 42.2. The van der Waals surface area contributed by atoms with E-state index < -0.39 is 6.09 Å². The van der Waals surface area contributed by atoms with Crippen molar-refractivity contribution in [2.75, 3.05) is 25.5 Å². The normalized spacial score (nSPS) is 11.4. The Morgan fingerprint density at radius 2 is 1.76 bits per heavy atom. The summed E-state index contributed by atoms with van der Waals surface area (Å²) in [5.41, 5.74) is 0.802.